The monoisotopic (exact) mass is 181 g/mol. The Morgan fingerprint density at radius 2 is 2.31 bits per heavy atom. The van der Waals surface area contributed by atoms with Gasteiger partial charge in [-0.15, -0.1) is 0 Å². The maximum atomic E-state index is 5.17. The van der Waals surface area contributed by atoms with Crippen molar-refractivity contribution in [3.05, 3.63) is 11.7 Å². The molecule has 1 saturated carbocycles. The van der Waals surface area contributed by atoms with Gasteiger partial charge in [0.1, 0.15) is 0 Å². The lowest BCUT2D eigenvalue weighted by molar-refractivity contribution is 0.227. The van der Waals surface area contributed by atoms with Crippen molar-refractivity contribution < 1.29 is 4.52 Å². The standard InChI is InChI=1S/C9H15N3O/c1-6-3-7(4-6)9-11-8(5-10-2)12-13-9/h6-7,10H,3-5H2,1-2H3. The number of hydrogen-bond donors (Lipinski definition) is 1. The molecule has 4 nitrogen and oxygen atoms in total. The number of hydrogen-bond acceptors (Lipinski definition) is 4. The van der Waals surface area contributed by atoms with Crippen molar-refractivity contribution in [1.82, 2.24) is 15.5 Å². The van der Waals surface area contributed by atoms with Crippen LogP contribution in [0, 0.1) is 5.92 Å². The number of nitrogens with one attached hydrogen (secondary N) is 1. The maximum absolute atomic E-state index is 5.17. The van der Waals surface area contributed by atoms with Gasteiger partial charge in [-0.3, -0.25) is 0 Å². The Morgan fingerprint density at radius 3 is 2.92 bits per heavy atom. The lowest BCUT2D eigenvalue weighted by Gasteiger charge is -2.29. The van der Waals surface area contributed by atoms with Gasteiger partial charge in [0.2, 0.25) is 5.89 Å². The second-order valence-corrected chi connectivity index (χ2v) is 3.85. The van der Waals surface area contributed by atoms with E-state index >= 15 is 0 Å². The molecule has 2 rings (SSSR count). The van der Waals surface area contributed by atoms with Crippen LogP contribution in [-0.4, -0.2) is 17.2 Å². The first-order valence-electron chi connectivity index (χ1n) is 4.76. The summed E-state index contributed by atoms with van der Waals surface area (Å²) in [5, 5.41) is 6.88. The Hall–Kier alpha value is -0.900. The smallest absolute Gasteiger partial charge is 0.229 e. The van der Waals surface area contributed by atoms with Gasteiger partial charge in [-0.05, 0) is 25.8 Å². The molecule has 1 N–H and O–H groups in total. The van der Waals surface area contributed by atoms with Crippen LogP contribution in [0.25, 0.3) is 0 Å². The molecule has 4 heteroatoms. The first-order valence-corrected chi connectivity index (χ1v) is 4.76. The minimum absolute atomic E-state index is 0.521. The normalized spacial score (nSPS) is 27.2. The summed E-state index contributed by atoms with van der Waals surface area (Å²) < 4.78 is 5.17. The number of nitrogens with zero attached hydrogens (tertiary/aromatic N) is 2. The summed E-state index contributed by atoms with van der Waals surface area (Å²) in [6, 6.07) is 0. The molecule has 0 atom stereocenters. The zero-order valence-corrected chi connectivity index (χ0v) is 8.08. The van der Waals surface area contributed by atoms with Gasteiger partial charge in [0.05, 0.1) is 6.54 Å². The molecule has 0 unspecified atom stereocenters. The van der Waals surface area contributed by atoms with Crippen LogP contribution >= 0.6 is 0 Å². The van der Waals surface area contributed by atoms with Crippen LogP contribution < -0.4 is 5.32 Å². The molecule has 1 aromatic rings. The Bertz CT molecular complexity index is 278. The van der Waals surface area contributed by atoms with Gasteiger partial charge in [-0.25, -0.2) is 0 Å². The van der Waals surface area contributed by atoms with E-state index in [4.69, 9.17) is 4.52 Å². The molecule has 0 radical (unpaired) electrons. The fourth-order valence-corrected chi connectivity index (χ4v) is 1.77. The predicted octanol–water partition coefficient (Wildman–Crippen LogP) is 1.30. The SMILES string of the molecule is CNCc1noc(C2CC(C)C2)n1. The van der Waals surface area contributed by atoms with E-state index in [9.17, 15) is 0 Å². The Morgan fingerprint density at radius 1 is 1.54 bits per heavy atom. The highest BCUT2D eigenvalue weighted by molar-refractivity contribution is 5.00. The molecule has 0 aromatic carbocycles. The molecule has 13 heavy (non-hydrogen) atoms. The molecule has 0 aliphatic heterocycles. The molecule has 1 aliphatic carbocycles. The Kier molecular flexibility index (Phi) is 2.31. The molecule has 0 spiro atoms. The van der Waals surface area contributed by atoms with E-state index < -0.39 is 0 Å². The van der Waals surface area contributed by atoms with E-state index in [0.29, 0.717) is 12.5 Å². The molecule has 1 aromatic heterocycles. The van der Waals surface area contributed by atoms with Crippen molar-refractivity contribution >= 4 is 0 Å². The third-order valence-electron chi connectivity index (χ3n) is 2.54. The minimum atomic E-state index is 0.521. The Balaban J connectivity index is 1.97. The van der Waals surface area contributed by atoms with Crippen molar-refractivity contribution in [3.63, 3.8) is 0 Å². The third kappa shape index (κ3) is 1.72. The summed E-state index contributed by atoms with van der Waals surface area (Å²) in [6.07, 6.45) is 2.39. The first kappa shape index (κ1) is 8.69. The van der Waals surface area contributed by atoms with Crippen LogP contribution in [0.5, 0.6) is 0 Å². The van der Waals surface area contributed by atoms with Crippen LogP contribution in [0.15, 0.2) is 4.52 Å². The van der Waals surface area contributed by atoms with Gasteiger partial charge in [-0.1, -0.05) is 12.1 Å². The highest BCUT2D eigenvalue weighted by Gasteiger charge is 2.31. The molecule has 1 aliphatic rings. The summed E-state index contributed by atoms with van der Waals surface area (Å²) >= 11 is 0. The second kappa shape index (κ2) is 3.46. The van der Waals surface area contributed by atoms with E-state index in [1.165, 1.54) is 12.8 Å². The van der Waals surface area contributed by atoms with E-state index in [1.54, 1.807) is 0 Å². The van der Waals surface area contributed by atoms with Gasteiger partial charge in [-0.2, -0.15) is 4.98 Å². The molecule has 72 valence electrons. The van der Waals surface area contributed by atoms with Crippen molar-refractivity contribution in [2.24, 2.45) is 5.92 Å². The summed E-state index contributed by atoms with van der Waals surface area (Å²) in [6.45, 7) is 2.94. The summed E-state index contributed by atoms with van der Waals surface area (Å²) in [5.41, 5.74) is 0. The van der Waals surface area contributed by atoms with Crippen LogP contribution in [0.2, 0.25) is 0 Å². The summed E-state index contributed by atoms with van der Waals surface area (Å²) in [7, 11) is 1.88. The average Bonchev–Trinajstić information content (AvgIpc) is 2.48. The van der Waals surface area contributed by atoms with Gasteiger partial charge < -0.3 is 9.84 Å². The fraction of sp³-hybridized carbons (Fsp3) is 0.778. The highest BCUT2D eigenvalue weighted by atomic mass is 16.5. The molecule has 0 amide bonds. The van der Waals surface area contributed by atoms with Gasteiger partial charge in [0.15, 0.2) is 5.82 Å². The van der Waals surface area contributed by atoms with Gasteiger partial charge in [0, 0.05) is 5.92 Å². The summed E-state index contributed by atoms with van der Waals surface area (Å²) in [4.78, 5) is 4.32. The largest absolute Gasteiger partial charge is 0.339 e. The quantitative estimate of drug-likeness (QED) is 0.763. The van der Waals surface area contributed by atoms with Gasteiger partial charge in [0.25, 0.3) is 0 Å². The van der Waals surface area contributed by atoms with E-state index in [-0.39, 0.29) is 0 Å². The zero-order valence-electron chi connectivity index (χ0n) is 8.08. The first-order chi connectivity index (χ1) is 6.29. The molecular formula is C9H15N3O. The maximum Gasteiger partial charge on any atom is 0.229 e. The van der Waals surface area contributed by atoms with Crippen LogP contribution in [0.3, 0.4) is 0 Å². The van der Waals surface area contributed by atoms with E-state index in [1.807, 2.05) is 7.05 Å². The lowest BCUT2D eigenvalue weighted by Crippen LogP contribution is -2.19. The van der Waals surface area contributed by atoms with Crippen molar-refractivity contribution in [3.8, 4) is 0 Å². The molecule has 1 heterocycles. The highest BCUT2D eigenvalue weighted by Crippen LogP contribution is 2.40. The topological polar surface area (TPSA) is 51.0 Å². The average molecular weight is 181 g/mol. The fourth-order valence-electron chi connectivity index (χ4n) is 1.77. The van der Waals surface area contributed by atoms with Gasteiger partial charge >= 0.3 is 0 Å². The zero-order chi connectivity index (χ0) is 9.26. The van der Waals surface area contributed by atoms with Crippen molar-refractivity contribution in [2.45, 2.75) is 32.2 Å². The van der Waals surface area contributed by atoms with Crippen molar-refractivity contribution in [2.75, 3.05) is 7.05 Å². The van der Waals surface area contributed by atoms with Crippen LogP contribution in [-0.2, 0) is 6.54 Å². The van der Waals surface area contributed by atoms with Crippen LogP contribution in [0.1, 0.15) is 37.4 Å². The van der Waals surface area contributed by atoms with E-state index in [0.717, 1.165) is 17.6 Å². The summed E-state index contributed by atoms with van der Waals surface area (Å²) in [5.74, 6) is 2.93. The third-order valence-corrected chi connectivity index (χ3v) is 2.54. The number of aromatic nitrogens is 2. The molecular weight excluding hydrogens is 166 g/mol. The lowest BCUT2D eigenvalue weighted by atomic mass is 9.76. The van der Waals surface area contributed by atoms with Crippen LogP contribution in [0.4, 0.5) is 0 Å². The molecule has 1 fully saturated rings. The Labute approximate surface area is 77.7 Å². The van der Waals surface area contributed by atoms with E-state index in [2.05, 4.69) is 22.4 Å². The second-order valence-electron chi connectivity index (χ2n) is 3.85. The van der Waals surface area contributed by atoms with Crippen molar-refractivity contribution in [1.29, 1.82) is 0 Å². The molecule has 0 saturated heterocycles. The number of rotatable bonds is 3. The molecule has 0 bridgehead atoms. The predicted molar refractivity (Wildman–Crippen MR) is 48.2 cm³/mol. The minimum Gasteiger partial charge on any atom is -0.339 e.